The maximum absolute atomic E-state index is 11.4. The molecule has 0 bridgehead atoms. The fraction of sp³-hybridized carbons (Fsp3) is 0.286. The topological polar surface area (TPSA) is 80.9 Å². The quantitative estimate of drug-likeness (QED) is 0.422. The van der Waals surface area contributed by atoms with Gasteiger partial charge in [0.2, 0.25) is 0 Å². The van der Waals surface area contributed by atoms with Crippen molar-refractivity contribution in [2.45, 2.75) is 13.0 Å². The molecule has 0 aliphatic carbocycles. The number of para-hydroxylation sites is 1. The van der Waals surface area contributed by atoms with Crippen molar-refractivity contribution in [2.24, 2.45) is 0 Å². The number of aliphatic hydroxyl groups excluding tert-OH is 1. The highest BCUT2D eigenvalue weighted by atomic mass is 16.5. The van der Waals surface area contributed by atoms with Crippen molar-refractivity contribution in [1.29, 1.82) is 0 Å². The summed E-state index contributed by atoms with van der Waals surface area (Å²) in [6, 6.07) is 16.5. The van der Waals surface area contributed by atoms with E-state index in [1.165, 1.54) is 6.92 Å². The van der Waals surface area contributed by atoms with E-state index in [0.29, 0.717) is 36.8 Å². The van der Waals surface area contributed by atoms with Gasteiger partial charge < -0.3 is 24.3 Å². The Balaban J connectivity index is 1.36. The molecule has 142 valence electrons. The van der Waals surface area contributed by atoms with Gasteiger partial charge in [0.15, 0.2) is 11.5 Å². The summed E-state index contributed by atoms with van der Waals surface area (Å²) in [6.45, 7) is 3.16. The Kier molecular flexibility index (Phi) is 6.46. The molecule has 1 aromatic heterocycles. The SMILES string of the molecule is CC(=O)c1cc2cc(OCCNCC(O)COc3ccccc3)ccc2o1. The Morgan fingerprint density at radius 1 is 1.11 bits per heavy atom. The molecular weight excluding hydrogens is 346 g/mol. The molecule has 2 aromatic carbocycles. The summed E-state index contributed by atoms with van der Waals surface area (Å²) in [6.07, 6.45) is -0.600. The fourth-order valence-corrected chi connectivity index (χ4v) is 2.56. The molecule has 1 heterocycles. The maximum atomic E-state index is 11.4. The summed E-state index contributed by atoms with van der Waals surface area (Å²) in [4.78, 5) is 11.4. The lowest BCUT2D eigenvalue weighted by molar-refractivity contribution is 0.0989. The van der Waals surface area contributed by atoms with Crippen LogP contribution in [-0.2, 0) is 0 Å². The van der Waals surface area contributed by atoms with E-state index in [1.807, 2.05) is 36.4 Å². The largest absolute Gasteiger partial charge is 0.492 e. The zero-order valence-corrected chi connectivity index (χ0v) is 15.2. The van der Waals surface area contributed by atoms with Crippen molar-refractivity contribution in [2.75, 3.05) is 26.3 Å². The van der Waals surface area contributed by atoms with Gasteiger partial charge in [-0.2, -0.15) is 0 Å². The van der Waals surface area contributed by atoms with Crippen LogP contribution in [0.25, 0.3) is 11.0 Å². The van der Waals surface area contributed by atoms with Gasteiger partial charge >= 0.3 is 0 Å². The average Bonchev–Trinajstić information content (AvgIpc) is 3.11. The first-order chi connectivity index (χ1) is 13.1. The highest BCUT2D eigenvalue weighted by molar-refractivity contribution is 5.96. The first-order valence-electron chi connectivity index (χ1n) is 8.86. The van der Waals surface area contributed by atoms with Crippen LogP contribution in [0.2, 0.25) is 0 Å². The molecule has 0 fully saturated rings. The first kappa shape index (κ1) is 18.9. The predicted molar refractivity (Wildman–Crippen MR) is 103 cm³/mol. The number of hydrogen-bond acceptors (Lipinski definition) is 6. The Morgan fingerprint density at radius 3 is 2.70 bits per heavy atom. The molecule has 0 aliphatic rings. The van der Waals surface area contributed by atoms with Gasteiger partial charge in [-0.05, 0) is 36.4 Å². The molecule has 1 atom stereocenters. The van der Waals surface area contributed by atoms with Gasteiger partial charge in [0.25, 0.3) is 0 Å². The van der Waals surface area contributed by atoms with E-state index in [1.54, 1.807) is 18.2 Å². The van der Waals surface area contributed by atoms with Crippen LogP contribution in [0, 0.1) is 0 Å². The minimum Gasteiger partial charge on any atom is -0.492 e. The number of nitrogens with one attached hydrogen (secondary N) is 1. The summed E-state index contributed by atoms with van der Waals surface area (Å²) >= 11 is 0. The zero-order valence-electron chi connectivity index (χ0n) is 15.2. The van der Waals surface area contributed by atoms with E-state index in [9.17, 15) is 9.90 Å². The van der Waals surface area contributed by atoms with Gasteiger partial charge in [0, 0.05) is 25.4 Å². The molecule has 3 rings (SSSR count). The van der Waals surface area contributed by atoms with E-state index in [2.05, 4.69) is 5.32 Å². The van der Waals surface area contributed by atoms with Gasteiger partial charge in [0.05, 0.1) is 0 Å². The van der Waals surface area contributed by atoms with E-state index in [4.69, 9.17) is 13.9 Å². The third-order valence-electron chi connectivity index (χ3n) is 3.95. The predicted octanol–water partition coefficient (Wildman–Crippen LogP) is 3.04. The molecule has 2 N–H and O–H groups in total. The number of Topliss-reactive ketones (excluding diaryl/α,β-unsaturated/α-hetero) is 1. The number of furan rings is 1. The van der Waals surface area contributed by atoms with Gasteiger partial charge in [-0.1, -0.05) is 18.2 Å². The molecule has 0 amide bonds. The minimum atomic E-state index is -0.600. The number of aliphatic hydroxyl groups is 1. The zero-order chi connectivity index (χ0) is 19.1. The fourth-order valence-electron chi connectivity index (χ4n) is 2.56. The average molecular weight is 369 g/mol. The third kappa shape index (κ3) is 5.57. The summed E-state index contributed by atoms with van der Waals surface area (Å²) < 4.78 is 16.6. The summed E-state index contributed by atoms with van der Waals surface area (Å²) in [5.41, 5.74) is 0.659. The number of carbonyl (C=O) groups excluding carboxylic acids is 1. The standard InChI is InChI=1S/C21H23NO5/c1-15(23)21-12-16-11-19(7-8-20(16)27-21)25-10-9-22-13-17(24)14-26-18-5-3-2-4-6-18/h2-8,11-12,17,22,24H,9-10,13-14H2,1H3. The Labute approximate surface area is 157 Å². The number of carbonyl (C=O) groups is 1. The lowest BCUT2D eigenvalue weighted by Crippen LogP contribution is -2.33. The summed E-state index contributed by atoms with van der Waals surface area (Å²) in [5, 5.41) is 13.9. The van der Waals surface area contributed by atoms with Crippen LogP contribution in [0.4, 0.5) is 0 Å². The molecule has 0 spiro atoms. The molecule has 0 radical (unpaired) electrons. The van der Waals surface area contributed by atoms with E-state index in [0.717, 1.165) is 11.1 Å². The second-order valence-corrected chi connectivity index (χ2v) is 6.20. The van der Waals surface area contributed by atoms with Gasteiger partial charge in [-0.25, -0.2) is 0 Å². The van der Waals surface area contributed by atoms with Crippen molar-refractivity contribution in [3.8, 4) is 11.5 Å². The number of benzene rings is 2. The maximum Gasteiger partial charge on any atom is 0.194 e. The highest BCUT2D eigenvalue weighted by Crippen LogP contribution is 2.24. The molecule has 0 saturated carbocycles. The van der Waals surface area contributed by atoms with Crippen molar-refractivity contribution in [1.82, 2.24) is 5.32 Å². The highest BCUT2D eigenvalue weighted by Gasteiger charge is 2.09. The number of ether oxygens (including phenoxy) is 2. The molecule has 0 aliphatic heterocycles. The molecule has 6 nitrogen and oxygen atoms in total. The van der Waals surface area contributed by atoms with Crippen molar-refractivity contribution in [3.05, 3.63) is 60.4 Å². The molecular formula is C21H23NO5. The van der Waals surface area contributed by atoms with E-state index < -0.39 is 6.10 Å². The Bertz CT molecular complexity index is 875. The van der Waals surface area contributed by atoms with Crippen LogP contribution in [0.1, 0.15) is 17.5 Å². The van der Waals surface area contributed by atoms with Crippen LogP contribution in [0.3, 0.4) is 0 Å². The van der Waals surface area contributed by atoms with Crippen LogP contribution in [0.15, 0.2) is 59.0 Å². The van der Waals surface area contributed by atoms with Gasteiger partial charge in [-0.15, -0.1) is 0 Å². The van der Waals surface area contributed by atoms with Gasteiger partial charge in [-0.3, -0.25) is 4.79 Å². The number of rotatable bonds is 10. The van der Waals surface area contributed by atoms with Crippen molar-refractivity contribution >= 4 is 16.8 Å². The number of fused-ring (bicyclic) bond motifs is 1. The lowest BCUT2D eigenvalue weighted by Gasteiger charge is -2.13. The summed E-state index contributed by atoms with van der Waals surface area (Å²) in [5.74, 6) is 1.68. The Hall–Kier alpha value is -2.83. The summed E-state index contributed by atoms with van der Waals surface area (Å²) in [7, 11) is 0. The number of ketones is 1. The second kappa shape index (κ2) is 9.21. The van der Waals surface area contributed by atoms with E-state index in [-0.39, 0.29) is 12.4 Å². The molecule has 27 heavy (non-hydrogen) atoms. The van der Waals surface area contributed by atoms with Gasteiger partial charge in [0.1, 0.15) is 36.4 Å². The molecule has 3 aromatic rings. The van der Waals surface area contributed by atoms with Crippen LogP contribution in [-0.4, -0.2) is 43.3 Å². The molecule has 0 saturated heterocycles. The lowest BCUT2D eigenvalue weighted by atomic mass is 10.2. The number of hydrogen-bond donors (Lipinski definition) is 2. The Morgan fingerprint density at radius 2 is 1.93 bits per heavy atom. The molecule has 1 unspecified atom stereocenters. The van der Waals surface area contributed by atoms with Crippen LogP contribution < -0.4 is 14.8 Å². The van der Waals surface area contributed by atoms with Crippen LogP contribution >= 0.6 is 0 Å². The third-order valence-corrected chi connectivity index (χ3v) is 3.95. The first-order valence-corrected chi connectivity index (χ1v) is 8.86. The molecule has 6 heteroatoms. The minimum absolute atomic E-state index is 0.104. The van der Waals surface area contributed by atoms with Crippen molar-refractivity contribution in [3.63, 3.8) is 0 Å². The van der Waals surface area contributed by atoms with Crippen LogP contribution in [0.5, 0.6) is 11.5 Å². The van der Waals surface area contributed by atoms with Crippen molar-refractivity contribution < 1.29 is 23.8 Å². The normalized spacial score (nSPS) is 12.1. The van der Waals surface area contributed by atoms with E-state index >= 15 is 0 Å². The second-order valence-electron chi connectivity index (χ2n) is 6.20. The smallest absolute Gasteiger partial charge is 0.194 e. The monoisotopic (exact) mass is 369 g/mol.